The van der Waals surface area contributed by atoms with E-state index in [0.717, 1.165) is 18.7 Å². The van der Waals surface area contributed by atoms with E-state index in [4.69, 9.17) is 13.8 Å². The van der Waals surface area contributed by atoms with E-state index in [2.05, 4.69) is 10.2 Å². The molecule has 2 N–H and O–H groups in total. The van der Waals surface area contributed by atoms with Crippen LogP contribution in [0.25, 0.3) is 0 Å². The van der Waals surface area contributed by atoms with Crippen molar-refractivity contribution in [2.24, 2.45) is 0 Å². The Bertz CT molecular complexity index is 761. The molecule has 0 bridgehead atoms. The number of nitrogens with zero attached hydrogens (tertiary/aromatic N) is 1. The lowest BCUT2D eigenvalue weighted by Gasteiger charge is -2.45. The number of hydrogen-bond acceptors (Lipinski definition) is 8. The maximum atomic E-state index is 13.5. The Kier molecular flexibility index (Phi) is 10.4. The van der Waals surface area contributed by atoms with Gasteiger partial charge in [-0.2, -0.15) is 0 Å². The lowest BCUT2D eigenvalue weighted by atomic mass is 9.97. The van der Waals surface area contributed by atoms with E-state index in [1.54, 1.807) is 32.9 Å². The third-order valence-electron chi connectivity index (χ3n) is 5.16. The first-order valence-electron chi connectivity index (χ1n) is 10.6. The van der Waals surface area contributed by atoms with E-state index >= 15 is 0 Å². The van der Waals surface area contributed by atoms with Crippen molar-refractivity contribution in [3.63, 3.8) is 0 Å². The van der Waals surface area contributed by atoms with Gasteiger partial charge in [0.25, 0.3) is 0 Å². The van der Waals surface area contributed by atoms with Gasteiger partial charge in [-0.15, -0.1) is 0 Å². The minimum absolute atomic E-state index is 0.149. The molecule has 1 heterocycles. The number of rotatable bonds is 13. The summed E-state index contributed by atoms with van der Waals surface area (Å²) >= 11 is 0. The molecular weight excluding hydrogens is 442 g/mol. The summed E-state index contributed by atoms with van der Waals surface area (Å²) in [4.78, 5) is 13.5. The van der Waals surface area contributed by atoms with Crippen LogP contribution in [-0.2, 0) is 22.9 Å². The second-order valence-electron chi connectivity index (χ2n) is 7.23. The zero-order valence-electron chi connectivity index (χ0n) is 18.4. The molecule has 0 saturated carbocycles. The Hall–Kier alpha value is -1.05. The van der Waals surface area contributed by atoms with Crippen molar-refractivity contribution in [3.8, 4) is 0 Å². The smallest absolute Gasteiger partial charge is 0.335 e. The standard InChI is InChI=1S/C20H34N2O7P2/c1-4-27-20(30-25,15-31(26,28-5-2)29-6-3)18(22-13-11-21-12-14-22)16-7-9-17(10-8-16)19(23)24/h7-10,18,21H,4-6,11-15,30H2,1-3H3,(H,23,24). The number of ether oxygens (including phenoxy) is 1. The first-order chi connectivity index (χ1) is 14.8. The summed E-state index contributed by atoms with van der Waals surface area (Å²) in [5.41, 5.74) is 0.914. The highest BCUT2D eigenvalue weighted by molar-refractivity contribution is 7.54. The molecule has 1 aromatic rings. The molecule has 3 atom stereocenters. The molecule has 1 saturated heterocycles. The summed E-state index contributed by atoms with van der Waals surface area (Å²) in [6, 6.07) is 5.97. The molecule has 31 heavy (non-hydrogen) atoms. The van der Waals surface area contributed by atoms with E-state index < -0.39 is 33.4 Å². The highest BCUT2D eigenvalue weighted by atomic mass is 31.2. The Morgan fingerprint density at radius 2 is 1.74 bits per heavy atom. The third kappa shape index (κ3) is 6.72. The zero-order chi connectivity index (χ0) is 22.9. The molecule has 1 fully saturated rings. The number of aromatic carboxylic acids is 1. The second kappa shape index (κ2) is 12.3. The topological polar surface area (TPSA) is 114 Å². The van der Waals surface area contributed by atoms with Gasteiger partial charge in [-0.1, -0.05) is 12.1 Å². The van der Waals surface area contributed by atoms with Crippen LogP contribution in [0.5, 0.6) is 0 Å². The SMILES string of the molecule is CCOC(CP(=O)(OCC)OCC)([PH2]=O)C(c1ccc(C(=O)O)cc1)N1CCNCC1. The fourth-order valence-corrected chi connectivity index (χ4v) is 7.64. The minimum Gasteiger partial charge on any atom is -0.478 e. The Morgan fingerprint density at radius 3 is 2.19 bits per heavy atom. The van der Waals surface area contributed by atoms with Gasteiger partial charge >= 0.3 is 13.6 Å². The van der Waals surface area contributed by atoms with Crippen LogP contribution in [0, 0.1) is 0 Å². The highest BCUT2D eigenvalue weighted by Crippen LogP contribution is 2.57. The summed E-state index contributed by atoms with van der Waals surface area (Å²) < 4.78 is 43.5. The molecular formula is C20H34N2O7P2. The van der Waals surface area contributed by atoms with E-state index in [0.29, 0.717) is 13.1 Å². The summed E-state index contributed by atoms with van der Waals surface area (Å²) in [6.07, 6.45) is -0.149. The number of hydrogen-bond donors (Lipinski definition) is 2. The Balaban J connectivity index is 2.58. The van der Waals surface area contributed by atoms with Crippen LogP contribution < -0.4 is 5.32 Å². The normalized spacial score (nSPS) is 18.8. The van der Waals surface area contributed by atoms with E-state index in [1.165, 1.54) is 12.1 Å². The van der Waals surface area contributed by atoms with Gasteiger partial charge in [0.05, 0.1) is 39.4 Å². The number of benzene rings is 1. The van der Waals surface area contributed by atoms with Crippen LogP contribution >= 0.6 is 16.1 Å². The molecule has 0 spiro atoms. The average molecular weight is 476 g/mol. The predicted octanol–water partition coefficient (Wildman–Crippen LogP) is 3.09. The molecule has 0 amide bonds. The molecule has 1 aliphatic rings. The molecule has 0 aromatic heterocycles. The summed E-state index contributed by atoms with van der Waals surface area (Å²) in [6.45, 7) is 8.76. The first-order valence-corrected chi connectivity index (χ1v) is 13.4. The van der Waals surface area contributed by atoms with Crippen molar-refractivity contribution in [3.05, 3.63) is 35.4 Å². The highest BCUT2D eigenvalue weighted by Gasteiger charge is 2.49. The summed E-state index contributed by atoms with van der Waals surface area (Å²) in [5, 5.41) is 11.3. The predicted molar refractivity (Wildman–Crippen MR) is 121 cm³/mol. The van der Waals surface area contributed by atoms with Crippen molar-refractivity contribution in [2.75, 3.05) is 52.2 Å². The maximum absolute atomic E-state index is 13.5. The van der Waals surface area contributed by atoms with E-state index in [9.17, 15) is 19.0 Å². The first kappa shape index (κ1) is 26.2. The fraction of sp³-hybridized carbons (Fsp3) is 0.650. The molecule has 11 heteroatoms. The van der Waals surface area contributed by atoms with Crippen LogP contribution in [0.1, 0.15) is 42.7 Å². The van der Waals surface area contributed by atoms with Gasteiger partial charge < -0.3 is 28.8 Å². The average Bonchev–Trinajstić information content (AvgIpc) is 2.75. The Labute approximate surface area is 185 Å². The number of carboxylic acids is 1. The van der Waals surface area contributed by atoms with Crippen molar-refractivity contribution in [1.82, 2.24) is 10.2 Å². The minimum atomic E-state index is -3.58. The number of nitrogens with one attached hydrogen (secondary N) is 1. The van der Waals surface area contributed by atoms with Crippen molar-refractivity contribution >= 4 is 22.0 Å². The van der Waals surface area contributed by atoms with Crippen LogP contribution in [0.15, 0.2) is 24.3 Å². The van der Waals surface area contributed by atoms with Crippen LogP contribution in [0.4, 0.5) is 0 Å². The van der Waals surface area contributed by atoms with Crippen LogP contribution in [-0.4, -0.2) is 73.5 Å². The molecule has 176 valence electrons. The number of carboxylic acid groups (broad SMARTS) is 1. The van der Waals surface area contributed by atoms with Crippen molar-refractivity contribution < 1.29 is 32.8 Å². The monoisotopic (exact) mass is 476 g/mol. The molecule has 2 rings (SSSR count). The lowest BCUT2D eigenvalue weighted by Crippen LogP contribution is -2.53. The van der Waals surface area contributed by atoms with Gasteiger partial charge in [-0.3, -0.25) is 9.46 Å². The maximum Gasteiger partial charge on any atom is 0.335 e. The Morgan fingerprint density at radius 1 is 1.16 bits per heavy atom. The van der Waals surface area contributed by atoms with E-state index in [-0.39, 0.29) is 31.5 Å². The quantitative estimate of drug-likeness (QED) is 0.415. The van der Waals surface area contributed by atoms with Crippen LogP contribution in [0.2, 0.25) is 0 Å². The number of carbonyl (C=O) groups is 1. The molecule has 1 aliphatic heterocycles. The zero-order valence-corrected chi connectivity index (χ0v) is 20.5. The molecule has 3 unspecified atom stereocenters. The van der Waals surface area contributed by atoms with Gasteiger partial charge in [0.1, 0.15) is 5.34 Å². The van der Waals surface area contributed by atoms with Gasteiger partial charge in [0, 0.05) is 32.8 Å². The van der Waals surface area contributed by atoms with E-state index in [1.807, 2.05) is 0 Å². The molecule has 0 aliphatic carbocycles. The lowest BCUT2D eigenvalue weighted by molar-refractivity contribution is -0.0332. The molecule has 0 radical (unpaired) electrons. The van der Waals surface area contributed by atoms with Crippen molar-refractivity contribution in [2.45, 2.75) is 32.2 Å². The van der Waals surface area contributed by atoms with Crippen molar-refractivity contribution in [1.29, 1.82) is 0 Å². The van der Waals surface area contributed by atoms with Gasteiger partial charge in [0.2, 0.25) is 0 Å². The van der Waals surface area contributed by atoms with Crippen LogP contribution in [0.3, 0.4) is 0 Å². The summed E-state index contributed by atoms with van der Waals surface area (Å²) in [7, 11) is -5.13. The second-order valence-corrected chi connectivity index (χ2v) is 10.5. The summed E-state index contributed by atoms with van der Waals surface area (Å²) in [5.74, 6) is -1.02. The van der Waals surface area contributed by atoms with Gasteiger partial charge in [-0.05, 0) is 38.5 Å². The fourth-order valence-electron chi connectivity index (χ4n) is 3.99. The number of piperazine rings is 1. The van der Waals surface area contributed by atoms with Gasteiger partial charge in [-0.25, -0.2) is 4.79 Å². The van der Waals surface area contributed by atoms with Gasteiger partial charge in [0.15, 0.2) is 0 Å². The largest absolute Gasteiger partial charge is 0.478 e. The molecule has 9 nitrogen and oxygen atoms in total. The molecule has 1 aromatic carbocycles. The third-order valence-corrected chi connectivity index (χ3v) is 8.77.